The highest BCUT2D eigenvalue weighted by Gasteiger charge is 2.26. The summed E-state index contributed by atoms with van der Waals surface area (Å²) in [7, 11) is 0. The zero-order valence-corrected chi connectivity index (χ0v) is 8.21. The van der Waals surface area contributed by atoms with Crippen LogP contribution in [0.3, 0.4) is 0 Å². The largest absolute Gasteiger partial charge is 0.476 e. The summed E-state index contributed by atoms with van der Waals surface area (Å²) in [5, 5.41) is 12.2. The Balaban J connectivity index is 3.22. The molecule has 0 spiro atoms. The second kappa shape index (κ2) is 2.87. The van der Waals surface area contributed by atoms with E-state index in [4.69, 9.17) is 9.63 Å². The first kappa shape index (κ1) is 9.77. The molecule has 0 aliphatic carbocycles. The van der Waals surface area contributed by atoms with Gasteiger partial charge in [-0.3, -0.25) is 0 Å². The van der Waals surface area contributed by atoms with Crippen LogP contribution < -0.4 is 0 Å². The van der Waals surface area contributed by atoms with Crippen molar-refractivity contribution in [3.8, 4) is 0 Å². The van der Waals surface area contributed by atoms with Gasteiger partial charge in [-0.2, -0.15) is 0 Å². The van der Waals surface area contributed by atoms with Crippen molar-refractivity contribution in [3.05, 3.63) is 17.0 Å². The van der Waals surface area contributed by atoms with E-state index in [1.807, 2.05) is 20.8 Å². The standard InChI is InChI=1S/C9H13NO3/c1-5-6(8(11)12)10-13-7(5)9(2,3)4/h1-4H3,(H,11,12). The number of nitrogens with zero attached hydrogens (tertiary/aromatic N) is 1. The summed E-state index contributed by atoms with van der Waals surface area (Å²) in [5.41, 5.74) is 0.412. The molecule has 1 aromatic heterocycles. The average molecular weight is 183 g/mol. The lowest BCUT2D eigenvalue weighted by Gasteiger charge is -2.14. The summed E-state index contributed by atoms with van der Waals surface area (Å²) >= 11 is 0. The van der Waals surface area contributed by atoms with Crippen molar-refractivity contribution in [2.75, 3.05) is 0 Å². The Morgan fingerprint density at radius 3 is 2.23 bits per heavy atom. The number of carboxylic acids is 1. The van der Waals surface area contributed by atoms with E-state index in [9.17, 15) is 4.79 Å². The zero-order chi connectivity index (χ0) is 10.2. The van der Waals surface area contributed by atoms with E-state index < -0.39 is 5.97 Å². The van der Waals surface area contributed by atoms with E-state index in [1.165, 1.54) is 0 Å². The van der Waals surface area contributed by atoms with Gasteiger partial charge in [-0.25, -0.2) is 4.79 Å². The molecule has 1 heterocycles. The average Bonchev–Trinajstić information content (AvgIpc) is 2.28. The second-order valence-corrected chi connectivity index (χ2v) is 4.04. The highest BCUT2D eigenvalue weighted by Crippen LogP contribution is 2.27. The van der Waals surface area contributed by atoms with E-state index in [-0.39, 0.29) is 11.1 Å². The van der Waals surface area contributed by atoms with Crippen molar-refractivity contribution in [2.45, 2.75) is 33.1 Å². The molecule has 0 radical (unpaired) electrons. The molecule has 1 rings (SSSR count). The van der Waals surface area contributed by atoms with Crippen LogP contribution in [-0.2, 0) is 5.41 Å². The normalized spacial score (nSPS) is 11.7. The minimum absolute atomic E-state index is 0.00456. The van der Waals surface area contributed by atoms with Crippen molar-refractivity contribution < 1.29 is 14.4 Å². The number of aromatic nitrogens is 1. The highest BCUT2D eigenvalue weighted by molar-refractivity contribution is 5.87. The number of aromatic carboxylic acids is 1. The van der Waals surface area contributed by atoms with Gasteiger partial charge in [0.2, 0.25) is 0 Å². The molecule has 0 saturated heterocycles. The fraction of sp³-hybridized carbons (Fsp3) is 0.556. The Hall–Kier alpha value is -1.32. The second-order valence-electron chi connectivity index (χ2n) is 4.04. The van der Waals surface area contributed by atoms with Crippen molar-refractivity contribution in [2.24, 2.45) is 0 Å². The van der Waals surface area contributed by atoms with Gasteiger partial charge in [0, 0.05) is 11.0 Å². The monoisotopic (exact) mass is 183 g/mol. The van der Waals surface area contributed by atoms with Gasteiger partial charge in [0.15, 0.2) is 5.69 Å². The lowest BCUT2D eigenvalue weighted by atomic mass is 9.90. The lowest BCUT2D eigenvalue weighted by molar-refractivity contribution is 0.0685. The number of carbonyl (C=O) groups is 1. The summed E-state index contributed by atoms with van der Waals surface area (Å²) in [6.07, 6.45) is 0. The maximum absolute atomic E-state index is 10.6. The SMILES string of the molecule is Cc1c(C(=O)O)noc1C(C)(C)C. The molecule has 1 aromatic rings. The molecule has 0 fully saturated rings. The minimum atomic E-state index is -1.04. The van der Waals surface area contributed by atoms with E-state index in [0.717, 1.165) is 0 Å². The third-order valence-corrected chi connectivity index (χ3v) is 1.81. The quantitative estimate of drug-likeness (QED) is 0.723. The van der Waals surface area contributed by atoms with Crippen molar-refractivity contribution >= 4 is 5.97 Å². The van der Waals surface area contributed by atoms with Gasteiger partial charge < -0.3 is 9.63 Å². The maximum Gasteiger partial charge on any atom is 0.358 e. The molecule has 72 valence electrons. The fourth-order valence-corrected chi connectivity index (χ4v) is 1.23. The summed E-state index contributed by atoms with van der Waals surface area (Å²) < 4.78 is 4.99. The van der Waals surface area contributed by atoms with Crippen LogP contribution in [0.4, 0.5) is 0 Å². The number of hydrogen-bond donors (Lipinski definition) is 1. The van der Waals surface area contributed by atoms with Gasteiger partial charge in [-0.15, -0.1) is 0 Å². The Morgan fingerprint density at radius 2 is 2.00 bits per heavy atom. The van der Waals surface area contributed by atoms with Crippen LogP contribution >= 0.6 is 0 Å². The van der Waals surface area contributed by atoms with Crippen LogP contribution in [0.25, 0.3) is 0 Å². The van der Waals surface area contributed by atoms with E-state index in [0.29, 0.717) is 11.3 Å². The third kappa shape index (κ3) is 1.71. The van der Waals surface area contributed by atoms with Crippen molar-refractivity contribution in [3.63, 3.8) is 0 Å². The predicted molar refractivity (Wildman–Crippen MR) is 46.9 cm³/mol. The van der Waals surface area contributed by atoms with Gasteiger partial charge >= 0.3 is 5.97 Å². The molecular formula is C9H13NO3. The Labute approximate surface area is 76.5 Å². The van der Waals surface area contributed by atoms with Crippen LogP contribution in [0, 0.1) is 6.92 Å². The number of rotatable bonds is 1. The van der Waals surface area contributed by atoms with Crippen molar-refractivity contribution in [1.29, 1.82) is 0 Å². The van der Waals surface area contributed by atoms with Crippen LogP contribution in [0.2, 0.25) is 0 Å². The third-order valence-electron chi connectivity index (χ3n) is 1.81. The Kier molecular flexibility index (Phi) is 2.15. The maximum atomic E-state index is 10.6. The summed E-state index contributed by atoms with van der Waals surface area (Å²) in [5.74, 6) is -0.415. The molecule has 0 amide bonds. The van der Waals surface area contributed by atoms with E-state index >= 15 is 0 Å². The van der Waals surface area contributed by atoms with Gasteiger partial charge in [0.25, 0.3) is 0 Å². The van der Waals surface area contributed by atoms with Crippen LogP contribution in [0.1, 0.15) is 42.6 Å². The molecule has 4 nitrogen and oxygen atoms in total. The van der Waals surface area contributed by atoms with Crippen LogP contribution in [0.15, 0.2) is 4.52 Å². The molecule has 4 heteroatoms. The van der Waals surface area contributed by atoms with Gasteiger partial charge in [-0.05, 0) is 6.92 Å². The summed E-state index contributed by atoms with van der Waals surface area (Å²) in [4.78, 5) is 10.6. The summed E-state index contributed by atoms with van der Waals surface area (Å²) in [6.45, 7) is 7.56. The van der Waals surface area contributed by atoms with Gasteiger partial charge in [-0.1, -0.05) is 25.9 Å². The molecule has 0 aromatic carbocycles. The highest BCUT2D eigenvalue weighted by atomic mass is 16.5. The Bertz CT molecular complexity index is 333. The Morgan fingerprint density at radius 1 is 1.46 bits per heavy atom. The molecule has 0 aliphatic rings. The zero-order valence-electron chi connectivity index (χ0n) is 8.21. The van der Waals surface area contributed by atoms with Crippen LogP contribution in [0.5, 0.6) is 0 Å². The molecular weight excluding hydrogens is 170 g/mol. The first-order valence-corrected chi connectivity index (χ1v) is 4.04. The fourth-order valence-electron chi connectivity index (χ4n) is 1.23. The molecule has 13 heavy (non-hydrogen) atoms. The van der Waals surface area contributed by atoms with E-state index in [2.05, 4.69) is 5.16 Å². The molecule has 0 bridgehead atoms. The van der Waals surface area contributed by atoms with E-state index in [1.54, 1.807) is 6.92 Å². The molecule has 0 aliphatic heterocycles. The first-order valence-electron chi connectivity index (χ1n) is 4.04. The van der Waals surface area contributed by atoms with Gasteiger partial charge in [0.1, 0.15) is 5.76 Å². The predicted octanol–water partition coefficient (Wildman–Crippen LogP) is 1.98. The van der Waals surface area contributed by atoms with Gasteiger partial charge in [0.05, 0.1) is 0 Å². The summed E-state index contributed by atoms with van der Waals surface area (Å²) in [6, 6.07) is 0. The molecule has 0 unspecified atom stereocenters. The number of hydrogen-bond acceptors (Lipinski definition) is 3. The first-order chi connectivity index (χ1) is 5.84. The van der Waals surface area contributed by atoms with Crippen LogP contribution in [-0.4, -0.2) is 16.2 Å². The minimum Gasteiger partial charge on any atom is -0.476 e. The molecule has 0 atom stereocenters. The topological polar surface area (TPSA) is 63.3 Å². The molecule has 1 N–H and O–H groups in total. The smallest absolute Gasteiger partial charge is 0.358 e. The molecule has 0 saturated carbocycles. The number of carboxylic acid groups (broad SMARTS) is 1. The lowest BCUT2D eigenvalue weighted by Crippen LogP contribution is -2.12. The van der Waals surface area contributed by atoms with Crippen molar-refractivity contribution in [1.82, 2.24) is 5.16 Å².